The Hall–Kier alpha value is -1.29. The molecule has 0 aliphatic carbocycles. The molecule has 1 unspecified atom stereocenters. The summed E-state index contributed by atoms with van der Waals surface area (Å²) in [6.45, 7) is 4.95. The van der Waals surface area contributed by atoms with Crippen molar-refractivity contribution in [2.75, 3.05) is 13.7 Å². The van der Waals surface area contributed by atoms with Crippen LogP contribution >= 0.6 is 0 Å². The van der Waals surface area contributed by atoms with Gasteiger partial charge in [-0.25, -0.2) is 0 Å². The fourth-order valence-electron chi connectivity index (χ4n) is 1.42. The predicted molar refractivity (Wildman–Crippen MR) is 60.9 cm³/mol. The normalized spacial score (nSPS) is 12.8. The van der Waals surface area contributed by atoms with Gasteiger partial charge in [0.15, 0.2) is 0 Å². The number of hydrogen-bond acceptors (Lipinski definition) is 4. The van der Waals surface area contributed by atoms with Gasteiger partial charge < -0.3 is 9.15 Å². The van der Waals surface area contributed by atoms with Crippen molar-refractivity contribution in [1.82, 2.24) is 4.90 Å². The van der Waals surface area contributed by atoms with Crippen LogP contribution in [0, 0.1) is 0 Å². The van der Waals surface area contributed by atoms with E-state index in [1.165, 1.54) is 0 Å². The van der Waals surface area contributed by atoms with E-state index in [0.29, 0.717) is 19.6 Å². The first-order valence-corrected chi connectivity index (χ1v) is 5.51. The van der Waals surface area contributed by atoms with Gasteiger partial charge >= 0.3 is 5.97 Å². The topological polar surface area (TPSA) is 42.7 Å². The lowest BCUT2D eigenvalue weighted by molar-refractivity contribution is -0.144. The van der Waals surface area contributed by atoms with E-state index in [-0.39, 0.29) is 12.0 Å². The maximum atomic E-state index is 11.3. The second kappa shape index (κ2) is 6.33. The van der Waals surface area contributed by atoms with Crippen molar-refractivity contribution in [3.63, 3.8) is 0 Å². The Morgan fingerprint density at radius 1 is 1.62 bits per heavy atom. The van der Waals surface area contributed by atoms with Crippen LogP contribution < -0.4 is 0 Å². The maximum Gasteiger partial charge on any atom is 0.307 e. The Balaban J connectivity index is 2.35. The summed E-state index contributed by atoms with van der Waals surface area (Å²) in [5.41, 5.74) is 0. The third-order valence-corrected chi connectivity index (χ3v) is 2.51. The largest absolute Gasteiger partial charge is 0.468 e. The number of ether oxygens (including phenoxy) is 1. The number of carbonyl (C=O) groups excluding carboxylic acids is 1. The smallest absolute Gasteiger partial charge is 0.307 e. The number of carbonyl (C=O) groups is 1. The Morgan fingerprint density at radius 3 is 2.94 bits per heavy atom. The van der Waals surface area contributed by atoms with Gasteiger partial charge in [0, 0.05) is 6.04 Å². The molecule has 16 heavy (non-hydrogen) atoms. The van der Waals surface area contributed by atoms with E-state index in [2.05, 4.69) is 4.90 Å². The van der Waals surface area contributed by atoms with Crippen LogP contribution in [0.5, 0.6) is 0 Å². The van der Waals surface area contributed by atoms with Crippen molar-refractivity contribution in [2.45, 2.75) is 32.9 Å². The van der Waals surface area contributed by atoms with Crippen LogP contribution in [-0.4, -0.2) is 30.6 Å². The Morgan fingerprint density at radius 2 is 2.38 bits per heavy atom. The Bertz CT molecular complexity index is 308. The van der Waals surface area contributed by atoms with Crippen molar-refractivity contribution in [2.24, 2.45) is 0 Å². The van der Waals surface area contributed by atoms with Gasteiger partial charge in [0.1, 0.15) is 5.76 Å². The van der Waals surface area contributed by atoms with Gasteiger partial charge in [-0.05, 0) is 33.0 Å². The summed E-state index contributed by atoms with van der Waals surface area (Å²) >= 11 is 0. The second-order valence-electron chi connectivity index (χ2n) is 3.85. The lowest BCUT2D eigenvalue weighted by Crippen LogP contribution is -2.31. The van der Waals surface area contributed by atoms with Crippen LogP contribution in [-0.2, 0) is 16.1 Å². The van der Waals surface area contributed by atoms with Crippen molar-refractivity contribution in [3.8, 4) is 0 Å². The summed E-state index contributed by atoms with van der Waals surface area (Å²) in [6, 6.07) is 3.93. The minimum Gasteiger partial charge on any atom is -0.468 e. The van der Waals surface area contributed by atoms with Gasteiger partial charge in [-0.3, -0.25) is 9.69 Å². The van der Waals surface area contributed by atoms with E-state index in [1.807, 2.05) is 33.0 Å². The molecule has 0 spiro atoms. The molecule has 90 valence electrons. The molecule has 0 N–H and O–H groups in total. The summed E-state index contributed by atoms with van der Waals surface area (Å²) in [5, 5.41) is 0. The number of hydrogen-bond donors (Lipinski definition) is 0. The fourth-order valence-corrected chi connectivity index (χ4v) is 1.42. The quantitative estimate of drug-likeness (QED) is 0.695. The molecule has 0 bridgehead atoms. The lowest BCUT2D eigenvalue weighted by Gasteiger charge is -2.22. The molecule has 0 aromatic carbocycles. The van der Waals surface area contributed by atoms with E-state index in [9.17, 15) is 4.79 Å². The van der Waals surface area contributed by atoms with Crippen LogP contribution in [0.1, 0.15) is 26.0 Å². The number of furan rings is 1. The van der Waals surface area contributed by atoms with Crippen LogP contribution in [0.25, 0.3) is 0 Å². The van der Waals surface area contributed by atoms with Crippen LogP contribution in [0.2, 0.25) is 0 Å². The Labute approximate surface area is 96.2 Å². The minimum absolute atomic E-state index is 0.143. The van der Waals surface area contributed by atoms with Crippen molar-refractivity contribution < 1.29 is 13.9 Å². The van der Waals surface area contributed by atoms with Gasteiger partial charge in [-0.1, -0.05) is 0 Å². The highest BCUT2D eigenvalue weighted by molar-refractivity contribution is 5.69. The molecule has 0 aliphatic heterocycles. The van der Waals surface area contributed by atoms with E-state index in [1.54, 1.807) is 6.26 Å². The van der Waals surface area contributed by atoms with Crippen LogP contribution in [0.4, 0.5) is 0 Å². The van der Waals surface area contributed by atoms with Gasteiger partial charge in [-0.15, -0.1) is 0 Å². The molecule has 0 saturated heterocycles. The van der Waals surface area contributed by atoms with E-state index < -0.39 is 0 Å². The first-order chi connectivity index (χ1) is 7.63. The minimum atomic E-state index is -0.152. The molecule has 0 aliphatic rings. The molecular weight excluding hydrogens is 206 g/mol. The first-order valence-electron chi connectivity index (χ1n) is 5.51. The summed E-state index contributed by atoms with van der Waals surface area (Å²) in [7, 11) is 1.96. The summed E-state index contributed by atoms with van der Waals surface area (Å²) in [5.74, 6) is 0.750. The molecule has 0 amide bonds. The highest BCUT2D eigenvalue weighted by Crippen LogP contribution is 2.09. The van der Waals surface area contributed by atoms with Crippen LogP contribution in [0.3, 0.4) is 0 Å². The highest BCUT2D eigenvalue weighted by Gasteiger charge is 2.15. The maximum absolute atomic E-state index is 11.3. The van der Waals surface area contributed by atoms with E-state index >= 15 is 0 Å². The average molecular weight is 225 g/mol. The molecule has 1 rings (SSSR count). The summed E-state index contributed by atoms with van der Waals surface area (Å²) in [6.07, 6.45) is 2.06. The first kappa shape index (κ1) is 12.8. The summed E-state index contributed by atoms with van der Waals surface area (Å²) < 4.78 is 10.2. The molecule has 1 atom stereocenters. The SMILES string of the molecule is CCOC(=O)CC(C)N(C)Cc1ccco1. The molecule has 1 aromatic rings. The molecule has 0 saturated carbocycles. The van der Waals surface area contributed by atoms with Gasteiger partial charge in [0.05, 0.1) is 25.8 Å². The third kappa shape index (κ3) is 4.06. The van der Waals surface area contributed by atoms with Crippen molar-refractivity contribution in [3.05, 3.63) is 24.2 Å². The second-order valence-corrected chi connectivity index (χ2v) is 3.85. The number of nitrogens with zero attached hydrogens (tertiary/aromatic N) is 1. The standard InChI is InChI=1S/C12H19NO3/c1-4-15-12(14)8-10(2)13(3)9-11-6-5-7-16-11/h5-7,10H,4,8-9H2,1-3H3. The van der Waals surface area contributed by atoms with Gasteiger partial charge in [0.25, 0.3) is 0 Å². The van der Waals surface area contributed by atoms with E-state index in [0.717, 1.165) is 5.76 Å². The highest BCUT2D eigenvalue weighted by atomic mass is 16.5. The monoisotopic (exact) mass is 225 g/mol. The zero-order chi connectivity index (χ0) is 12.0. The zero-order valence-electron chi connectivity index (χ0n) is 10.1. The predicted octanol–water partition coefficient (Wildman–Crippen LogP) is 2.05. The molecule has 4 heteroatoms. The average Bonchev–Trinajstić information content (AvgIpc) is 2.70. The molecule has 0 fully saturated rings. The zero-order valence-corrected chi connectivity index (χ0v) is 10.1. The van der Waals surface area contributed by atoms with E-state index in [4.69, 9.17) is 9.15 Å². The molecule has 1 heterocycles. The van der Waals surface area contributed by atoms with Crippen molar-refractivity contribution >= 4 is 5.97 Å². The number of esters is 1. The molecule has 4 nitrogen and oxygen atoms in total. The van der Waals surface area contributed by atoms with Crippen molar-refractivity contribution in [1.29, 1.82) is 0 Å². The Kier molecular flexibility index (Phi) is 5.05. The fraction of sp³-hybridized carbons (Fsp3) is 0.583. The molecular formula is C12H19NO3. The number of rotatable bonds is 6. The van der Waals surface area contributed by atoms with Gasteiger partial charge in [-0.2, -0.15) is 0 Å². The lowest BCUT2D eigenvalue weighted by atomic mass is 10.2. The summed E-state index contributed by atoms with van der Waals surface area (Å²) in [4.78, 5) is 13.4. The van der Waals surface area contributed by atoms with Gasteiger partial charge in [0.2, 0.25) is 0 Å². The third-order valence-electron chi connectivity index (χ3n) is 2.51. The molecule has 1 aromatic heterocycles. The molecule has 0 radical (unpaired) electrons. The van der Waals surface area contributed by atoms with Crippen LogP contribution in [0.15, 0.2) is 22.8 Å².